The van der Waals surface area contributed by atoms with Crippen LogP contribution in [0, 0.1) is 11.3 Å². The lowest BCUT2D eigenvalue weighted by Gasteiger charge is -2.27. The number of allylic oxidation sites excluding steroid dienone is 1. The van der Waals surface area contributed by atoms with Crippen LogP contribution >= 0.6 is 20.4 Å². The van der Waals surface area contributed by atoms with Gasteiger partial charge >= 0.3 is 0 Å². The fourth-order valence-electron chi connectivity index (χ4n) is 4.64. The molecule has 2 aliphatic carbocycles. The molecule has 0 aromatic rings. The third-order valence-corrected chi connectivity index (χ3v) is 10.1. The first-order valence-corrected chi connectivity index (χ1v) is 15.7. The molecule has 2 saturated carbocycles. The average molecular weight is 550 g/mol. The van der Waals surface area contributed by atoms with Gasteiger partial charge in [-0.25, -0.2) is 0 Å². The Labute approximate surface area is 230 Å². The molecule has 37 heavy (non-hydrogen) atoms. The fraction of sp³-hybridized carbons (Fsp3) is 0.759. The number of nitrogens with zero attached hydrogens (tertiary/aromatic N) is 1. The van der Waals surface area contributed by atoms with E-state index in [4.69, 9.17) is 4.52 Å². The SMILES string of the molecule is C=C(NSC1(C)CC1)[C@@]1(NC(=O)C2CCCN2C)CC1/C=C\CCCCC[C@@H](C=O)OP=CC(C)(C)C. The quantitative estimate of drug-likeness (QED) is 0.0802. The van der Waals surface area contributed by atoms with E-state index >= 15 is 0 Å². The maximum absolute atomic E-state index is 13.1. The van der Waals surface area contributed by atoms with Crippen molar-refractivity contribution < 1.29 is 14.1 Å². The minimum atomic E-state index is -0.382. The van der Waals surface area contributed by atoms with E-state index < -0.39 is 0 Å². The molecule has 1 heterocycles. The number of unbranched alkanes of at least 4 members (excludes halogenated alkanes) is 3. The van der Waals surface area contributed by atoms with Crippen LogP contribution in [0.15, 0.2) is 24.4 Å². The maximum Gasteiger partial charge on any atom is 0.238 e. The number of nitrogens with one attached hydrogen (secondary N) is 2. The molecular formula is C29H48N3O3PS. The van der Waals surface area contributed by atoms with Gasteiger partial charge in [-0.2, -0.15) is 0 Å². The zero-order valence-electron chi connectivity index (χ0n) is 23.6. The van der Waals surface area contributed by atoms with Gasteiger partial charge in [0.05, 0.1) is 20.0 Å². The van der Waals surface area contributed by atoms with E-state index in [1.54, 1.807) is 11.9 Å². The first kappa shape index (κ1) is 30.4. The third kappa shape index (κ3) is 9.53. The van der Waals surface area contributed by atoms with E-state index in [0.717, 1.165) is 78.3 Å². The largest absolute Gasteiger partial charge is 0.343 e. The fourth-order valence-corrected chi connectivity index (χ4v) is 6.19. The van der Waals surface area contributed by atoms with Crippen LogP contribution in [0.4, 0.5) is 0 Å². The molecule has 2 unspecified atom stereocenters. The van der Waals surface area contributed by atoms with Gasteiger partial charge < -0.3 is 19.4 Å². The summed E-state index contributed by atoms with van der Waals surface area (Å²) in [6.07, 6.45) is 15.4. The van der Waals surface area contributed by atoms with Crippen molar-refractivity contribution in [1.29, 1.82) is 0 Å². The number of carbonyl (C=O) groups is 2. The van der Waals surface area contributed by atoms with Crippen molar-refractivity contribution in [3.63, 3.8) is 0 Å². The van der Waals surface area contributed by atoms with Crippen molar-refractivity contribution in [3.8, 4) is 0 Å². The van der Waals surface area contributed by atoms with Crippen molar-refractivity contribution in [3.05, 3.63) is 24.4 Å². The summed E-state index contributed by atoms with van der Waals surface area (Å²) >= 11 is 1.76. The highest BCUT2D eigenvalue weighted by Crippen LogP contribution is 2.52. The van der Waals surface area contributed by atoms with Crippen LogP contribution in [0.5, 0.6) is 0 Å². The van der Waals surface area contributed by atoms with Gasteiger partial charge in [0.1, 0.15) is 12.4 Å². The van der Waals surface area contributed by atoms with Crippen LogP contribution < -0.4 is 10.0 Å². The molecule has 3 fully saturated rings. The minimum Gasteiger partial charge on any atom is -0.343 e. The molecule has 208 valence electrons. The molecule has 2 N–H and O–H groups in total. The molecule has 0 aromatic carbocycles. The molecule has 3 rings (SSSR count). The summed E-state index contributed by atoms with van der Waals surface area (Å²) in [6, 6.07) is -0.0338. The Hall–Kier alpha value is -1.14. The highest BCUT2D eigenvalue weighted by Gasteiger charge is 2.57. The van der Waals surface area contributed by atoms with Gasteiger partial charge in [0.25, 0.3) is 0 Å². The van der Waals surface area contributed by atoms with E-state index in [9.17, 15) is 9.59 Å². The summed E-state index contributed by atoms with van der Waals surface area (Å²) in [5, 5.41) is 3.39. The maximum atomic E-state index is 13.1. The standard InChI is InChI=1S/C29H48N3O3PS/c1-22(31-37-28(5)16-17-28)29(30-26(34)25-15-12-18-32(25)6)19-23(29)13-10-8-7-9-11-14-24(20-33)35-36-21-27(2,3)4/h10,13,20-21,23-25,31H,1,7-9,11-12,14-19H2,2-6H3,(H,30,34)/b13-10-/t23?,24-,25?,29-/m0/s1. The summed E-state index contributed by atoms with van der Waals surface area (Å²) in [5.74, 6) is 2.49. The number of likely N-dealkylation sites (tertiary alicyclic amines) is 1. The molecule has 4 atom stereocenters. The predicted molar refractivity (Wildman–Crippen MR) is 158 cm³/mol. The topological polar surface area (TPSA) is 70.7 Å². The summed E-state index contributed by atoms with van der Waals surface area (Å²) in [5.41, 5.74) is 0.636. The highest BCUT2D eigenvalue weighted by atomic mass is 32.2. The predicted octanol–water partition coefficient (Wildman–Crippen LogP) is 6.06. The van der Waals surface area contributed by atoms with E-state index in [2.05, 4.69) is 67.2 Å². The number of rotatable bonds is 16. The molecule has 0 bridgehead atoms. The number of hydrogen-bond donors (Lipinski definition) is 2. The highest BCUT2D eigenvalue weighted by molar-refractivity contribution is 7.99. The van der Waals surface area contributed by atoms with Crippen LogP contribution in [0.25, 0.3) is 0 Å². The number of hydrogen-bond acceptors (Lipinski definition) is 6. The van der Waals surface area contributed by atoms with Crippen LogP contribution in [0.3, 0.4) is 0 Å². The van der Waals surface area contributed by atoms with Crippen molar-refractivity contribution >= 4 is 38.4 Å². The van der Waals surface area contributed by atoms with Crippen molar-refractivity contribution in [2.75, 3.05) is 13.6 Å². The van der Waals surface area contributed by atoms with Gasteiger partial charge in [-0.1, -0.05) is 52.3 Å². The molecular weight excluding hydrogens is 501 g/mol. The summed E-state index contributed by atoms with van der Waals surface area (Å²) in [7, 11) is 2.81. The van der Waals surface area contributed by atoms with E-state index in [1.807, 2.05) is 7.05 Å². The third-order valence-electron chi connectivity index (χ3n) is 7.61. The number of aldehydes is 1. The first-order valence-electron chi connectivity index (χ1n) is 14.0. The van der Waals surface area contributed by atoms with E-state index in [0.29, 0.717) is 4.75 Å². The van der Waals surface area contributed by atoms with Crippen LogP contribution in [0.2, 0.25) is 0 Å². The second-order valence-electron chi connectivity index (χ2n) is 12.5. The molecule has 0 spiro atoms. The van der Waals surface area contributed by atoms with Gasteiger partial charge in [-0.3, -0.25) is 9.69 Å². The molecule has 6 nitrogen and oxygen atoms in total. The lowest BCUT2D eigenvalue weighted by Crippen LogP contribution is -2.49. The van der Waals surface area contributed by atoms with Crippen molar-refractivity contribution in [1.82, 2.24) is 14.9 Å². The van der Waals surface area contributed by atoms with Gasteiger partial charge in [-0.05, 0) is 95.0 Å². The van der Waals surface area contributed by atoms with E-state index in [-0.39, 0.29) is 34.9 Å². The van der Waals surface area contributed by atoms with Crippen LogP contribution in [-0.2, 0) is 14.1 Å². The molecule has 1 saturated heterocycles. The molecule has 8 heteroatoms. The van der Waals surface area contributed by atoms with Crippen LogP contribution in [-0.4, -0.2) is 58.9 Å². The van der Waals surface area contributed by atoms with Crippen LogP contribution in [0.1, 0.15) is 91.9 Å². The Bertz CT molecular complexity index is 867. The molecule has 1 aliphatic heterocycles. The van der Waals surface area contributed by atoms with Gasteiger partial charge in [0.2, 0.25) is 5.91 Å². The second kappa shape index (κ2) is 13.3. The van der Waals surface area contributed by atoms with Gasteiger partial charge in [-0.15, -0.1) is 0 Å². The van der Waals surface area contributed by atoms with Crippen molar-refractivity contribution in [2.24, 2.45) is 11.3 Å². The summed E-state index contributed by atoms with van der Waals surface area (Å²) < 4.78 is 9.48. The Morgan fingerprint density at radius 1 is 1.30 bits per heavy atom. The number of carbonyl (C=O) groups excluding carboxylic acids is 2. The molecule has 1 amide bonds. The Kier molecular flexibility index (Phi) is 10.9. The zero-order chi connectivity index (χ0) is 27.1. The Balaban J connectivity index is 1.42. The lowest BCUT2D eigenvalue weighted by molar-refractivity contribution is -0.125. The zero-order valence-corrected chi connectivity index (χ0v) is 25.3. The number of likely N-dealkylation sites (N-methyl/N-ethyl adjacent to an activating group) is 1. The lowest BCUT2D eigenvalue weighted by atomic mass is 10.0. The van der Waals surface area contributed by atoms with Gasteiger partial charge in [0.15, 0.2) is 0 Å². The van der Waals surface area contributed by atoms with E-state index in [1.165, 1.54) is 12.8 Å². The van der Waals surface area contributed by atoms with Crippen molar-refractivity contribution in [2.45, 2.75) is 114 Å². The second-order valence-corrected chi connectivity index (χ2v) is 14.6. The smallest absolute Gasteiger partial charge is 0.238 e. The van der Waals surface area contributed by atoms with Gasteiger partial charge in [0, 0.05) is 16.4 Å². The minimum absolute atomic E-state index is 0.0338. The Morgan fingerprint density at radius 3 is 2.68 bits per heavy atom. The summed E-state index contributed by atoms with van der Waals surface area (Å²) in [4.78, 5) is 26.6. The summed E-state index contributed by atoms with van der Waals surface area (Å²) in [6.45, 7) is 14.0. The molecule has 0 radical (unpaired) electrons. The molecule has 3 aliphatic rings. The molecule has 0 aromatic heterocycles. The monoisotopic (exact) mass is 549 g/mol. The average Bonchev–Trinajstić information content (AvgIpc) is 3.70. The normalized spacial score (nSPS) is 27.9. The Morgan fingerprint density at radius 2 is 2.05 bits per heavy atom. The number of amides is 1. The first-order chi connectivity index (χ1) is 17.5.